The number of halogens is 1. The van der Waals surface area contributed by atoms with Crippen molar-refractivity contribution in [3.05, 3.63) is 59.1 Å². The molecule has 2 amide bonds. The van der Waals surface area contributed by atoms with Crippen molar-refractivity contribution in [1.82, 2.24) is 4.31 Å². The molecule has 1 unspecified atom stereocenters. The van der Waals surface area contributed by atoms with Crippen molar-refractivity contribution in [2.75, 3.05) is 5.32 Å². The van der Waals surface area contributed by atoms with Crippen molar-refractivity contribution in [2.45, 2.75) is 30.7 Å². The number of carbonyl (C=O) groups is 2. The number of nitrogens with one attached hydrogen (secondary N) is 1. The Labute approximate surface area is 156 Å². The van der Waals surface area contributed by atoms with Crippen LogP contribution in [0.25, 0.3) is 0 Å². The second-order valence-electron chi connectivity index (χ2n) is 6.06. The molecule has 0 bridgehead atoms. The Morgan fingerprint density at radius 3 is 2.35 bits per heavy atom. The highest BCUT2D eigenvalue weighted by atomic mass is 35.5. The predicted molar refractivity (Wildman–Crippen MR) is 98.3 cm³/mol. The molecular weight excluding hydrogens is 376 g/mol. The second kappa shape index (κ2) is 7.09. The number of anilines is 1. The van der Waals surface area contributed by atoms with E-state index >= 15 is 0 Å². The average Bonchev–Trinajstić information content (AvgIpc) is 3.00. The van der Waals surface area contributed by atoms with Crippen LogP contribution in [0.5, 0.6) is 0 Å². The first kappa shape index (κ1) is 18.4. The minimum absolute atomic E-state index is 0.00377. The fraction of sp³-hybridized carbons (Fsp3) is 0.222. The summed E-state index contributed by atoms with van der Waals surface area (Å²) in [6.07, 6.45) is 0.146. The van der Waals surface area contributed by atoms with Gasteiger partial charge >= 0.3 is 0 Å². The van der Waals surface area contributed by atoms with Gasteiger partial charge in [0.05, 0.1) is 4.90 Å². The molecule has 1 aliphatic rings. The molecule has 3 rings (SSSR count). The number of amides is 2. The van der Waals surface area contributed by atoms with Gasteiger partial charge in [-0.3, -0.25) is 9.59 Å². The van der Waals surface area contributed by atoms with Gasteiger partial charge in [0.15, 0.2) is 0 Å². The van der Waals surface area contributed by atoms with E-state index in [0.717, 1.165) is 5.56 Å². The lowest BCUT2D eigenvalue weighted by Gasteiger charge is -2.23. The molecule has 136 valence electrons. The van der Waals surface area contributed by atoms with Gasteiger partial charge in [-0.05, 0) is 49.7 Å². The summed E-state index contributed by atoms with van der Waals surface area (Å²) in [6, 6.07) is 11.5. The van der Waals surface area contributed by atoms with Crippen molar-refractivity contribution < 1.29 is 18.0 Å². The van der Waals surface area contributed by atoms with Crippen molar-refractivity contribution in [1.29, 1.82) is 0 Å². The molecular formula is C18H17ClN2O4S. The zero-order valence-electron chi connectivity index (χ0n) is 14.0. The number of carbonyl (C=O) groups excluding carboxylic acids is 2. The molecule has 1 saturated heterocycles. The molecule has 6 nitrogen and oxygen atoms in total. The average molecular weight is 393 g/mol. The van der Waals surface area contributed by atoms with Crippen LogP contribution in [0.1, 0.15) is 18.4 Å². The first-order valence-corrected chi connectivity index (χ1v) is 9.81. The largest absolute Gasteiger partial charge is 0.324 e. The van der Waals surface area contributed by atoms with Crippen LogP contribution in [-0.4, -0.2) is 30.6 Å². The van der Waals surface area contributed by atoms with Crippen molar-refractivity contribution in [3.8, 4) is 0 Å². The number of sulfonamides is 1. The van der Waals surface area contributed by atoms with E-state index in [1.807, 2.05) is 6.92 Å². The SMILES string of the molecule is Cc1ccc(S(=O)(=O)N2C(=O)CCC2C(=O)Nc2ccc(Cl)cc2)cc1. The van der Waals surface area contributed by atoms with Gasteiger partial charge in [0.25, 0.3) is 10.0 Å². The lowest BCUT2D eigenvalue weighted by atomic mass is 10.2. The molecule has 26 heavy (non-hydrogen) atoms. The normalized spacial score (nSPS) is 17.4. The Balaban J connectivity index is 1.87. The van der Waals surface area contributed by atoms with Crippen LogP contribution >= 0.6 is 11.6 Å². The van der Waals surface area contributed by atoms with E-state index in [2.05, 4.69) is 5.32 Å². The zero-order chi connectivity index (χ0) is 18.9. The van der Waals surface area contributed by atoms with Gasteiger partial charge in [0.1, 0.15) is 6.04 Å². The predicted octanol–water partition coefficient (Wildman–Crippen LogP) is 2.97. The van der Waals surface area contributed by atoms with E-state index in [9.17, 15) is 18.0 Å². The molecule has 0 spiro atoms. The highest BCUT2D eigenvalue weighted by molar-refractivity contribution is 7.89. The minimum Gasteiger partial charge on any atom is -0.324 e. The van der Waals surface area contributed by atoms with Crippen LogP contribution in [0, 0.1) is 6.92 Å². The quantitative estimate of drug-likeness (QED) is 0.867. The molecule has 8 heteroatoms. The molecule has 2 aromatic rings. The topological polar surface area (TPSA) is 83.6 Å². The van der Waals surface area contributed by atoms with Gasteiger partial charge in [0.2, 0.25) is 11.8 Å². The Morgan fingerprint density at radius 1 is 1.12 bits per heavy atom. The molecule has 1 N–H and O–H groups in total. The summed E-state index contributed by atoms with van der Waals surface area (Å²) in [6.45, 7) is 1.83. The maximum absolute atomic E-state index is 12.9. The number of nitrogens with zero attached hydrogens (tertiary/aromatic N) is 1. The third-order valence-corrected chi connectivity index (χ3v) is 6.25. The van der Waals surface area contributed by atoms with Crippen LogP contribution in [0.15, 0.2) is 53.4 Å². The van der Waals surface area contributed by atoms with Crippen LogP contribution in [0.3, 0.4) is 0 Å². The zero-order valence-corrected chi connectivity index (χ0v) is 15.5. The van der Waals surface area contributed by atoms with Crippen LogP contribution < -0.4 is 5.32 Å². The minimum atomic E-state index is -4.10. The summed E-state index contributed by atoms with van der Waals surface area (Å²) in [5.41, 5.74) is 1.38. The van der Waals surface area contributed by atoms with E-state index in [1.165, 1.54) is 12.1 Å². The Hall–Kier alpha value is -2.38. The van der Waals surface area contributed by atoms with Gasteiger partial charge < -0.3 is 5.32 Å². The number of aryl methyl sites for hydroxylation is 1. The van der Waals surface area contributed by atoms with Crippen LogP contribution in [-0.2, 0) is 19.6 Å². The molecule has 2 aromatic carbocycles. The fourth-order valence-electron chi connectivity index (χ4n) is 2.78. The molecule has 0 radical (unpaired) electrons. The van der Waals surface area contributed by atoms with E-state index in [0.29, 0.717) is 15.0 Å². The lowest BCUT2D eigenvalue weighted by Crippen LogP contribution is -2.45. The summed E-state index contributed by atoms with van der Waals surface area (Å²) in [7, 11) is -4.10. The molecule has 0 aromatic heterocycles. The summed E-state index contributed by atoms with van der Waals surface area (Å²) < 4.78 is 26.4. The standard InChI is InChI=1S/C18H17ClN2O4S/c1-12-2-8-15(9-3-12)26(24,25)21-16(10-11-17(21)22)18(23)20-14-6-4-13(19)5-7-14/h2-9,16H,10-11H2,1H3,(H,20,23). The summed E-state index contributed by atoms with van der Waals surface area (Å²) >= 11 is 5.81. The Morgan fingerprint density at radius 2 is 1.73 bits per heavy atom. The fourth-order valence-corrected chi connectivity index (χ4v) is 4.51. The van der Waals surface area contributed by atoms with Crippen LogP contribution in [0.2, 0.25) is 5.02 Å². The molecule has 1 heterocycles. The highest BCUT2D eigenvalue weighted by Gasteiger charge is 2.44. The number of hydrogen-bond acceptors (Lipinski definition) is 4. The molecule has 1 atom stereocenters. The highest BCUT2D eigenvalue weighted by Crippen LogP contribution is 2.28. The number of hydrogen-bond donors (Lipinski definition) is 1. The van der Waals surface area contributed by atoms with Gasteiger partial charge in [-0.2, -0.15) is 0 Å². The molecule has 1 fully saturated rings. The van der Waals surface area contributed by atoms with E-state index in [1.54, 1.807) is 36.4 Å². The summed E-state index contributed by atoms with van der Waals surface area (Å²) in [4.78, 5) is 24.8. The number of rotatable bonds is 4. The second-order valence-corrected chi connectivity index (χ2v) is 8.31. The van der Waals surface area contributed by atoms with Crippen molar-refractivity contribution >= 4 is 39.1 Å². The smallest absolute Gasteiger partial charge is 0.267 e. The summed E-state index contributed by atoms with van der Waals surface area (Å²) in [5.74, 6) is -1.13. The van der Waals surface area contributed by atoms with E-state index in [-0.39, 0.29) is 17.7 Å². The first-order valence-electron chi connectivity index (χ1n) is 7.99. The van der Waals surface area contributed by atoms with E-state index < -0.39 is 27.9 Å². The van der Waals surface area contributed by atoms with Gasteiger partial charge in [-0.15, -0.1) is 0 Å². The molecule has 1 aliphatic heterocycles. The first-order chi connectivity index (χ1) is 12.3. The molecule has 0 saturated carbocycles. The maximum atomic E-state index is 12.9. The monoisotopic (exact) mass is 392 g/mol. The summed E-state index contributed by atoms with van der Waals surface area (Å²) in [5, 5.41) is 3.15. The Bertz CT molecular complexity index is 940. The van der Waals surface area contributed by atoms with E-state index in [4.69, 9.17) is 11.6 Å². The van der Waals surface area contributed by atoms with Gasteiger partial charge in [-0.1, -0.05) is 29.3 Å². The lowest BCUT2D eigenvalue weighted by molar-refractivity contribution is -0.128. The third kappa shape index (κ3) is 3.59. The van der Waals surface area contributed by atoms with Crippen molar-refractivity contribution in [3.63, 3.8) is 0 Å². The van der Waals surface area contributed by atoms with Crippen LogP contribution in [0.4, 0.5) is 5.69 Å². The number of benzene rings is 2. The third-order valence-electron chi connectivity index (χ3n) is 4.15. The van der Waals surface area contributed by atoms with Gasteiger partial charge in [-0.25, -0.2) is 12.7 Å². The maximum Gasteiger partial charge on any atom is 0.267 e. The van der Waals surface area contributed by atoms with Gasteiger partial charge in [0, 0.05) is 17.1 Å². The molecule has 0 aliphatic carbocycles. The Kier molecular flexibility index (Phi) is 5.02. The van der Waals surface area contributed by atoms with Crippen molar-refractivity contribution in [2.24, 2.45) is 0 Å².